The van der Waals surface area contributed by atoms with Gasteiger partial charge in [0.1, 0.15) is 11.6 Å². The first-order valence-corrected chi connectivity index (χ1v) is 6.43. The fraction of sp³-hybridized carbons (Fsp3) is 0.0714. The maximum absolute atomic E-state index is 9.96. The van der Waals surface area contributed by atoms with E-state index in [9.17, 15) is 5.11 Å². The predicted molar refractivity (Wildman–Crippen MR) is 77.8 cm³/mol. The van der Waals surface area contributed by atoms with Crippen molar-refractivity contribution in [2.24, 2.45) is 7.05 Å². The van der Waals surface area contributed by atoms with Crippen LogP contribution in [0.2, 0.25) is 10.0 Å². The molecular weight excluding hydrogens is 283 g/mol. The van der Waals surface area contributed by atoms with Crippen LogP contribution in [-0.2, 0) is 7.05 Å². The summed E-state index contributed by atoms with van der Waals surface area (Å²) < 4.78 is 1.85. The zero-order valence-corrected chi connectivity index (χ0v) is 11.6. The minimum absolute atomic E-state index is 0.138. The number of imidazole rings is 1. The molecule has 1 aromatic heterocycles. The summed E-state index contributed by atoms with van der Waals surface area (Å²) in [7, 11) is 1.86. The van der Waals surface area contributed by atoms with Crippen molar-refractivity contribution in [1.29, 1.82) is 0 Å². The van der Waals surface area contributed by atoms with Gasteiger partial charge >= 0.3 is 0 Å². The van der Waals surface area contributed by atoms with Gasteiger partial charge in [-0.3, -0.25) is 0 Å². The SMILES string of the molecule is Cn1c(-c2cc(Cl)ccc2O)nc2cccc(Cl)c21. The zero-order chi connectivity index (χ0) is 13.6. The molecule has 3 aromatic rings. The number of aromatic hydroxyl groups is 1. The maximum Gasteiger partial charge on any atom is 0.144 e. The molecule has 0 bridgehead atoms. The van der Waals surface area contributed by atoms with Crippen molar-refractivity contribution < 1.29 is 5.11 Å². The molecule has 19 heavy (non-hydrogen) atoms. The molecule has 5 heteroatoms. The summed E-state index contributed by atoms with van der Waals surface area (Å²) in [5, 5.41) is 11.1. The first kappa shape index (κ1) is 12.3. The number of aryl methyl sites for hydroxylation is 1. The van der Waals surface area contributed by atoms with E-state index in [-0.39, 0.29) is 5.75 Å². The summed E-state index contributed by atoms with van der Waals surface area (Å²) in [6.07, 6.45) is 0. The summed E-state index contributed by atoms with van der Waals surface area (Å²) in [5.41, 5.74) is 2.20. The summed E-state index contributed by atoms with van der Waals surface area (Å²) in [5.74, 6) is 0.766. The fourth-order valence-electron chi connectivity index (χ4n) is 2.15. The predicted octanol–water partition coefficient (Wildman–Crippen LogP) is 4.25. The summed E-state index contributed by atoms with van der Waals surface area (Å²) in [6, 6.07) is 10.4. The van der Waals surface area contributed by atoms with Gasteiger partial charge in [0.2, 0.25) is 0 Å². The lowest BCUT2D eigenvalue weighted by Crippen LogP contribution is -1.93. The molecule has 0 aliphatic heterocycles. The second-order valence-electron chi connectivity index (χ2n) is 4.26. The molecular formula is C14H10Cl2N2O. The number of para-hydroxylation sites is 1. The summed E-state index contributed by atoms with van der Waals surface area (Å²) in [4.78, 5) is 4.51. The highest BCUT2D eigenvalue weighted by Crippen LogP contribution is 2.34. The van der Waals surface area contributed by atoms with Gasteiger partial charge < -0.3 is 9.67 Å². The average Bonchev–Trinajstić information content (AvgIpc) is 2.71. The van der Waals surface area contributed by atoms with Crippen LogP contribution in [0.3, 0.4) is 0 Å². The Morgan fingerprint density at radius 1 is 1.16 bits per heavy atom. The average molecular weight is 293 g/mol. The molecule has 0 amide bonds. The first-order valence-electron chi connectivity index (χ1n) is 5.68. The second-order valence-corrected chi connectivity index (χ2v) is 5.11. The smallest absolute Gasteiger partial charge is 0.144 e. The molecule has 0 radical (unpaired) electrons. The van der Waals surface area contributed by atoms with Gasteiger partial charge in [0.25, 0.3) is 0 Å². The third-order valence-corrected chi connectivity index (χ3v) is 3.58. The third-order valence-electron chi connectivity index (χ3n) is 3.04. The normalized spacial score (nSPS) is 11.1. The Morgan fingerprint density at radius 3 is 2.68 bits per heavy atom. The molecule has 2 aromatic carbocycles. The highest BCUT2D eigenvalue weighted by Gasteiger charge is 2.15. The number of phenolic OH excluding ortho intramolecular Hbond substituents is 1. The number of fused-ring (bicyclic) bond motifs is 1. The van der Waals surface area contributed by atoms with Gasteiger partial charge in [-0.15, -0.1) is 0 Å². The van der Waals surface area contributed by atoms with E-state index in [1.807, 2.05) is 29.8 Å². The van der Waals surface area contributed by atoms with Crippen LogP contribution in [0, 0.1) is 0 Å². The Labute approximate surface area is 120 Å². The second kappa shape index (κ2) is 4.44. The van der Waals surface area contributed by atoms with Crippen LogP contribution < -0.4 is 0 Å². The topological polar surface area (TPSA) is 38.0 Å². The Morgan fingerprint density at radius 2 is 1.95 bits per heavy atom. The van der Waals surface area contributed by atoms with Gasteiger partial charge in [-0.1, -0.05) is 29.3 Å². The molecule has 3 nitrogen and oxygen atoms in total. The molecule has 1 N–H and O–H groups in total. The molecule has 96 valence electrons. The van der Waals surface area contributed by atoms with Crippen LogP contribution >= 0.6 is 23.2 Å². The van der Waals surface area contributed by atoms with Crippen LogP contribution in [0.4, 0.5) is 0 Å². The minimum Gasteiger partial charge on any atom is -0.507 e. The Hall–Kier alpha value is -1.71. The molecule has 0 fully saturated rings. The van der Waals surface area contributed by atoms with Crippen LogP contribution in [0.1, 0.15) is 0 Å². The monoisotopic (exact) mass is 292 g/mol. The van der Waals surface area contributed by atoms with Gasteiger partial charge in [0.05, 0.1) is 21.6 Å². The van der Waals surface area contributed by atoms with Crippen molar-refractivity contribution in [1.82, 2.24) is 9.55 Å². The molecule has 0 aliphatic rings. The van der Waals surface area contributed by atoms with Gasteiger partial charge in [-0.25, -0.2) is 4.98 Å². The Balaban J connectivity index is 2.34. The van der Waals surface area contributed by atoms with E-state index in [0.29, 0.717) is 21.4 Å². The van der Waals surface area contributed by atoms with Crippen LogP contribution in [0.15, 0.2) is 36.4 Å². The maximum atomic E-state index is 9.96. The Kier molecular flexibility index (Phi) is 2.88. The van der Waals surface area contributed by atoms with E-state index >= 15 is 0 Å². The molecule has 0 aliphatic carbocycles. The van der Waals surface area contributed by atoms with Crippen molar-refractivity contribution in [2.75, 3.05) is 0 Å². The third kappa shape index (κ3) is 1.95. The highest BCUT2D eigenvalue weighted by atomic mass is 35.5. The minimum atomic E-state index is 0.138. The van der Waals surface area contributed by atoms with E-state index in [1.165, 1.54) is 0 Å². The lowest BCUT2D eigenvalue weighted by atomic mass is 10.2. The van der Waals surface area contributed by atoms with Crippen LogP contribution in [0.5, 0.6) is 5.75 Å². The van der Waals surface area contributed by atoms with Crippen molar-refractivity contribution in [2.45, 2.75) is 0 Å². The molecule has 0 atom stereocenters. The number of phenols is 1. The first-order chi connectivity index (χ1) is 9.08. The van der Waals surface area contributed by atoms with Crippen LogP contribution in [-0.4, -0.2) is 14.7 Å². The Bertz CT molecular complexity index is 780. The fourth-order valence-corrected chi connectivity index (χ4v) is 2.62. The molecule has 3 rings (SSSR count). The van der Waals surface area contributed by atoms with Gasteiger partial charge in [0.15, 0.2) is 0 Å². The van der Waals surface area contributed by atoms with Crippen molar-refractivity contribution in [3.8, 4) is 17.1 Å². The molecule has 0 saturated carbocycles. The molecule has 0 saturated heterocycles. The van der Waals surface area contributed by atoms with Gasteiger partial charge in [0, 0.05) is 12.1 Å². The van der Waals surface area contributed by atoms with Crippen molar-refractivity contribution in [3.63, 3.8) is 0 Å². The molecule has 0 spiro atoms. The van der Waals surface area contributed by atoms with Crippen molar-refractivity contribution in [3.05, 3.63) is 46.4 Å². The quantitative estimate of drug-likeness (QED) is 0.728. The molecule has 0 unspecified atom stereocenters. The standard InChI is InChI=1S/C14H10Cl2N2O/c1-18-13-10(16)3-2-4-11(13)17-14(18)9-7-8(15)5-6-12(9)19/h2-7,19H,1H3. The zero-order valence-electron chi connectivity index (χ0n) is 10.1. The van der Waals surface area contributed by atoms with E-state index in [4.69, 9.17) is 23.2 Å². The van der Waals surface area contributed by atoms with Gasteiger partial charge in [-0.05, 0) is 30.3 Å². The van der Waals surface area contributed by atoms with E-state index < -0.39 is 0 Å². The van der Waals surface area contributed by atoms with E-state index in [1.54, 1.807) is 18.2 Å². The summed E-state index contributed by atoms with van der Waals surface area (Å²) >= 11 is 12.2. The lowest BCUT2D eigenvalue weighted by Gasteiger charge is -2.06. The number of benzene rings is 2. The van der Waals surface area contributed by atoms with E-state index in [2.05, 4.69) is 4.98 Å². The summed E-state index contributed by atoms with van der Waals surface area (Å²) in [6.45, 7) is 0. The largest absolute Gasteiger partial charge is 0.507 e. The van der Waals surface area contributed by atoms with Crippen LogP contribution in [0.25, 0.3) is 22.4 Å². The number of hydrogen-bond donors (Lipinski definition) is 1. The van der Waals surface area contributed by atoms with Crippen molar-refractivity contribution >= 4 is 34.2 Å². The highest BCUT2D eigenvalue weighted by molar-refractivity contribution is 6.35. The van der Waals surface area contributed by atoms with Gasteiger partial charge in [-0.2, -0.15) is 0 Å². The number of nitrogens with zero attached hydrogens (tertiary/aromatic N) is 2. The molecule has 1 heterocycles. The lowest BCUT2D eigenvalue weighted by molar-refractivity contribution is 0.476. The number of hydrogen-bond acceptors (Lipinski definition) is 2. The number of aromatic nitrogens is 2. The van der Waals surface area contributed by atoms with E-state index in [0.717, 1.165) is 11.0 Å². The number of rotatable bonds is 1. The number of halogens is 2.